The minimum Gasteiger partial charge on any atom is -0.390 e. The number of rotatable bonds is 2. The van der Waals surface area contributed by atoms with Crippen LogP contribution in [0.1, 0.15) is 12.8 Å². The molecule has 1 saturated carbocycles. The van der Waals surface area contributed by atoms with Gasteiger partial charge in [-0.3, -0.25) is 0 Å². The van der Waals surface area contributed by atoms with Crippen LogP contribution in [-0.2, 0) is 9.53 Å². The largest absolute Gasteiger partial charge is 0.390 e. The molecule has 0 spiro atoms. The average molecular weight is 156 g/mol. The first kappa shape index (κ1) is 7.25. The van der Waals surface area contributed by atoms with E-state index in [2.05, 4.69) is 0 Å². The summed E-state index contributed by atoms with van der Waals surface area (Å²) in [6.07, 6.45) is 2.45. The fourth-order valence-electron chi connectivity index (χ4n) is 1.81. The van der Waals surface area contributed by atoms with Crippen LogP contribution in [0.5, 0.6) is 0 Å². The van der Waals surface area contributed by atoms with Crippen molar-refractivity contribution in [3.8, 4) is 0 Å². The quantitative estimate of drug-likeness (QED) is 0.571. The van der Waals surface area contributed by atoms with Gasteiger partial charge in [-0.2, -0.15) is 0 Å². The third-order valence-corrected chi connectivity index (χ3v) is 2.85. The lowest BCUT2D eigenvalue weighted by Gasteiger charge is -2.17. The van der Waals surface area contributed by atoms with Crippen LogP contribution in [0.3, 0.4) is 0 Å². The fraction of sp³-hybridized carbons (Fsp3) is 0.875. The number of carbonyl (C=O) groups is 1. The highest BCUT2D eigenvalue weighted by Crippen LogP contribution is 2.52. The van der Waals surface area contributed by atoms with Crippen molar-refractivity contribution >= 4 is 6.29 Å². The maximum Gasteiger partial charge on any atom is 0.126 e. The first-order valence-corrected chi connectivity index (χ1v) is 4.01. The Kier molecular flexibility index (Phi) is 1.51. The molecule has 0 radical (unpaired) electrons. The lowest BCUT2D eigenvalue weighted by Crippen LogP contribution is -2.28. The molecule has 1 heterocycles. The maximum absolute atomic E-state index is 10.7. The average Bonchev–Trinajstić information content (AvgIpc) is 2.70. The van der Waals surface area contributed by atoms with E-state index in [0.717, 1.165) is 19.1 Å². The topological polar surface area (TPSA) is 46.5 Å². The van der Waals surface area contributed by atoms with Crippen molar-refractivity contribution < 1.29 is 14.6 Å². The van der Waals surface area contributed by atoms with Crippen molar-refractivity contribution in [2.75, 3.05) is 13.2 Å². The molecule has 1 N–H and O–H groups in total. The lowest BCUT2D eigenvalue weighted by atomic mass is 9.88. The van der Waals surface area contributed by atoms with E-state index < -0.39 is 6.10 Å². The third-order valence-electron chi connectivity index (χ3n) is 2.85. The van der Waals surface area contributed by atoms with Gasteiger partial charge < -0.3 is 14.6 Å². The molecule has 1 saturated heterocycles. The van der Waals surface area contributed by atoms with E-state index in [9.17, 15) is 9.90 Å². The zero-order valence-corrected chi connectivity index (χ0v) is 6.32. The molecule has 0 aromatic carbocycles. The van der Waals surface area contributed by atoms with E-state index >= 15 is 0 Å². The van der Waals surface area contributed by atoms with Crippen LogP contribution in [0.4, 0.5) is 0 Å². The highest BCUT2D eigenvalue weighted by molar-refractivity contribution is 5.64. The second-order valence-electron chi connectivity index (χ2n) is 3.56. The Hall–Kier alpha value is -0.410. The standard InChI is InChI=1S/C8H12O3/c9-5-8(1-2-8)6-3-11-4-7(6)10/h5-7,10H,1-4H2. The van der Waals surface area contributed by atoms with Gasteiger partial charge in [0.1, 0.15) is 6.29 Å². The van der Waals surface area contributed by atoms with Gasteiger partial charge in [0.15, 0.2) is 0 Å². The third kappa shape index (κ3) is 0.993. The van der Waals surface area contributed by atoms with Crippen LogP contribution in [-0.4, -0.2) is 30.7 Å². The van der Waals surface area contributed by atoms with Gasteiger partial charge in [0, 0.05) is 11.3 Å². The van der Waals surface area contributed by atoms with Crippen LogP contribution >= 0.6 is 0 Å². The summed E-state index contributed by atoms with van der Waals surface area (Å²) in [5.74, 6) is 0.0694. The van der Waals surface area contributed by atoms with Gasteiger partial charge >= 0.3 is 0 Å². The SMILES string of the molecule is O=CC1(C2COCC2O)CC1. The number of ether oxygens (including phenoxy) is 1. The number of aldehydes is 1. The molecule has 3 heteroatoms. The first-order chi connectivity index (χ1) is 5.28. The summed E-state index contributed by atoms with van der Waals surface area (Å²) >= 11 is 0. The smallest absolute Gasteiger partial charge is 0.126 e. The van der Waals surface area contributed by atoms with E-state index in [0.29, 0.717) is 13.2 Å². The van der Waals surface area contributed by atoms with E-state index in [1.807, 2.05) is 0 Å². The molecule has 0 aromatic rings. The summed E-state index contributed by atoms with van der Waals surface area (Å²) in [6.45, 7) is 0.958. The molecule has 0 aromatic heterocycles. The van der Waals surface area contributed by atoms with Crippen LogP contribution in [0.2, 0.25) is 0 Å². The molecule has 2 unspecified atom stereocenters. The number of aliphatic hydroxyl groups excluding tert-OH is 1. The summed E-state index contributed by atoms with van der Waals surface area (Å²) in [7, 11) is 0. The van der Waals surface area contributed by atoms with Crippen molar-refractivity contribution in [3.63, 3.8) is 0 Å². The van der Waals surface area contributed by atoms with Gasteiger partial charge in [0.05, 0.1) is 19.3 Å². The van der Waals surface area contributed by atoms with Gasteiger partial charge in [-0.25, -0.2) is 0 Å². The maximum atomic E-state index is 10.7. The predicted molar refractivity (Wildman–Crippen MR) is 38.0 cm³/mol. The monoisotopic (exact) mass is 156 g/mol. The van der Waals surface area contributed by atoms with Crippen LogP contribution < -0.4 is 0 Å². The fourth-order valence-corrected chi connectivity index (χ4v) is 1.81. The van der Waals surface area contributed by atoms with E-state index in [-0.39, 0.29) is 11.3 Å². The van der Waals surface area contributed by atoms with Crippen molar-refractivity contribution in [1.29, 1.82) is 0 Å². The zero-order valence-electron chi connectivity index (χ0n) is 6.32. The molecule has 2 atom stereocenters. The summed E-state index contributed by atoms with van der Waals surface area (Å²) in [5, 5.41) is 9.41. The minimum absolute atomic E-state index is 0.0694. The summed E-state index contributed by atoms with van der Waals surface area (Å²) in [6, 6.07) is 0. The first-order valence-electron chi connectivity index (χ1n) is 4.01. The van der Waals surface area contributed by atoms with Gasteiger partial charge in [-0.1, -0.05) is 0 Å². The molecule has 0 bridgehead atoms. The lowest BCUT2D eigenvalue weighted by molar-refractivity contribution is -0.115. The molecule has 2 fully saturated rings. The number of hydrogen-bond donors (Lipinski definition) is 1. The number of hydrogen-bond acceptors (Lipinski definition) is 3. The van der Waals surface area contributed by atoms with Crippen molar-refractivity contribution in [1.82, 2.24) is 0 Å². The Morgan fingerprint density at radius 2 is 2.18 bits per heavy atom. The Bertz CT molecular complexity index is 174. The van der Waals surface area contributed by atoms with E-state index in [4.69, 9.17) is 4.74 Å². The number of carbonyl (C=O) groups excluding carboxylic acids is 1. The Labute approximate surface area is 65.4 Å². The second kappa shape index (κ2) is 2.29. The summed E-state index contributed by atoms with van der Waals surface area (Å²) in [5.41, 5.74) is -0.212. The molecule has 1 aliphatic heterocycles. The Morgan fingerprint density at radius 1 is 1.45 bits per heavy atom. The molecule has 2 rings (SSSR count). The Morgan fingerprint density at radius 3 is 2.55 bits per heavy atom. The van der Waals surface area contributed by atoms with Gasteiger partial charge in [0.2, 0.25) is 0 Å². The van der Waals surface area contributed by atoms with Gasteiger partial charge in [-0.15, -0.1) is 0 Å². The zero-order chi connectivity index (χ0) is 7.90. The van der Waals surface area contributed by atoms with Crippen LogP contribution in [0.15, 0.2) is 0 Å². The minimum atomic E-state index is -0.414. The molecule has 0 amide bonds. The van der Waals surface area contributed by atoms with Gasteiger partial charge in [0.25, 0.3) is 0 Å². The van der Waals surface area contributed by atoms with Crippen LogP contribution in [0.25, 0.3) is 0 Å². The van der Waals surface area contributed by atoms with Crippen molar-refractivity contribution in [2.45, 2.75) is 18.9 Å². The van der Waals surface area contributed by atoms with E-state index in [1.165, 1.54) is 0 Å². The molecular weight excluding hydrogens is 144 g/mol. The molecule has 62 valence electrons. The Balaban J connectivity index is 2.08. The van der Waals surface area contributed by atoms with Crippen molar-refractivity contribution in [3.05, 3.63) is 0 Å². The summed E-state index contributed by atoms with van der Waals surface area (Å²) in [4.78, 5) is 10.7. The summed E-state index contributed by atoms with van der Waals surface area (Å²) < 4.78 is 5.09. The second-order valence-corrected chi connectivity index (χ2v) is 3.56. The predicted octanol–water partition coefficient (Wildman–Crippen LogP) is -0.0272. The number of aliphatic hydroxyl groups is 1. The molecule has 3 nitrogen and oxygen atoms in total. The molecule has 11 heavy (non-hydrogen) atoms. The highest BCUT2D eigenvalue weighted by Gasteiger charge is 2.53. The van der Waals surface area contributed by atoms with Crippen molar-refractivity contribution in [2.24, 2.45) is 11.3 Å². The highest BCUT2D eigenvalue weighted by atomic mass is 16.5. The van der Waals surface area contributed by atoms with Crippen LogP contribution in [0, 0.1) is 11.3 Å². The molecule has 1 aliphatic carbocycles. The molecular formula is C8H12O3. The van der Waals surface area contributed by atoms with Gasteiger partial charge in [-0.05, 0) is 12.8 Å². The molecule has 2 aliphatic rings. The normalized spacial score (nSPS) is 40.5. The van der Waals surface area contributed by atoms with E-state index in [1.54, 1.807) is 0 Å².